The predicted molar refractivity (Wildman–Crippen MR) is 83.5 cm³/mol. The van der Waals surface area contributed by atoms with Crippen LogP contribution in [-0.2, 0) is 17.8 Å². The lowest BCUT2D eigenvalue weighted by molar-refractivity contribution is -0.0408. The molecule has 0 unspecified atom stereocenters. The van der Waals surface area contributed by atoms with E-state index in [9.17, 15) is 0 Å². The van der Waals surface area contributed by atoms with Gasteiger partial charge in [0, 0.05) is 37.7 Å². The van der Waals surface area contributed by atoms with Crippen molar-refractivity contribution in [2.24, 2.45) is 0 Å². The maximum atomic E-state index is 5.89. The maximum Gasteiger partial charge on any atom is 0.0898 e. The Morgan fingerprint density at radius 2 is 2.05 bits per heavy atom. The van der Waals surface area contributed by atoms with Gasteiger partial charge in [-0.05, 0) is 26.8 Å². The van der Waals surface area contributed by atoms with E-state index in [0.717, 1.165) is 49.9 Å². The molecule has 2 aromatic rings. The second kappa shape index (κ2) is 6.54. The Bertz CT molecular complexity index is 622. The molecule has 1 fully saturated rings. The number of hydrogen-bond acceptors (Lipinski definition) is 5. The van der Waals surface area contributed by atoms with Gasteiger partial charge in [-0.25, -0.2) is 0 Å². The summed E-state index contributed by atoms with van der Waals surface area (Å²) in [5.74, 6) is 0. The van der Waals surface area contributed by atoms with Crippen LogP contribution < -0.4 is 0 Å². The zero-order chi connectivity index (χ0) is 15.5. The minimum atomic E-state index is 0.171. The molecular weight excluding hydrogens is 278 g/mol. The zero-order valence-corrected chi connectivity index (χ0v) is 13.5. The summed E-state index contributed by atoms with van der Waals surface area (Å²) in [6.45, 7) is 10.3. The van der Waals surface area contributed by atoms with Crippen molar-refractivity contribution < 1.29 is 4.74 Å². The average molecular weight is 301 g/mol. The average Bonchev–Trinajstić information content (AvgIpc) is 2.80. The summed E-state index contributed by atoms with van der Waals surface area (Å²) < 4.78 is 7.93. The number of hydrogen-bond donors (Lipinski definition) is 0. The number of ether oxygens (including phenoxy) is 1. The van der Waals surface area contributed by atoms with Crippen LogP contribution in [0, 0.1) is 20.8 Å². The fourth-order valence-corrected chi connectivity index (χ4v) is 2.82. The molecule has 0 amide bonds. The molecule has 1 aliphatic heterocycles. The van der Waals surface area contributed by atoms with Gasteiger partial charge in [0.1, 0.15) is 0 Å². The summed E-state index contributed by atoms with van der Waals surface area (Å²) in [4.78, 5) is 11.1. The van der Waals surface area contributed by atoms with E-state index < -0.39 is 0 Å². The molecule has 0 saturated carbocycles. The molecule has 118 valence electrons. The lowest BCUT2D eigenvalue weighted by atomic mass is 10.2. The number of aryl methyl sites for hydroxylation is 3. The standard InChI is InChI=1S/C16H23N5O/c1-12-6-14(3)21(19-12)11-16-10-20(4-5-22-16)9-15-8-17-13(2)7-18-15/h6-8,16H,4-5,9-11H2,1-3H3/t16-/m0/s1. The van der Waals surface area contributed by atoms with Crippen LogP contribution in [-0.4, -0.2) is 50.4 Å². The van der Waals surface area contributed by atoms with Crippen molar-refractivity contribution in [1.29, 1.82) is 0 Å². The van der Waals surface area contributed by atoms with E-state index in [1.54, 1.807) is 0 Å². The van der Waals surface area contributed by atoms with Crippen molar-refractivity contribution in [1.82, 2.24) is 24.6 Å². The summed E-state index contributed by atoms with van der Waals surface area (Å²) in [6, 6.07) is 2.10. The highest BCUT2D eigenvalue weighted by molar-refractivity contribution is 5.06. The van der Waals surface area contributed by atoms with Crippen molar-refractivity contribution in [3.8, 4) is 0 Å². The molecule has 2 aromatic heterocycles. The zero-order valence-electron chi connectivity index (χ0n) is 13.5. The molecule has 0 N–H and O–H groups in total. The van der Waals surface area contributed by atoms with Crippen LogP contribution in [0.4, 0.5) is 0 Å². The van der Waals surface area contributed by atoms with Gasteiger partial charge in [-0.1, -0.05) is 0 Å². The molecule has 0 bridgehead atoms. The van der Waals surface area contributed by atoms with Gasteiger partial charge >= 0.3 is 0 Å². The Labute approximate surface area is 131 Å². The van der Waals surface area contributed by atoms with E-state index in [1.165, 1.54) is 5.69 Å². The molecule has 6 nitrogen and oxygen atoms in total. The van der Waals surface area contributed by atoms with Crippen molar-refractivity contribution in [3.05, 3.63) is 41.2 Å². The molecule has 22 heavy (non-hydrogen) atoms. The highest BCUT2D eigenvalue weighted by Crippen LogP contribution is 2.12. The lowest BCUT2D eigenvalue weighted by Crippen LogP contribution is -2.44. The first kappa shape index (κ1) is 15.1. The normalized spacial score (nSPS) is 19.5. The minimum Gasteiger partial charge on any atom is -0.374 e. The smallest absolute Gasteiger partial charge is 0.0898 e. The van der Waals surface area contributed by atoms with Crippen molar-refractivity contribution in [3.63, 3.8) is 0 Å². The van der Waals surface area contributed by atoms with E-state index in [4.69, 9.17) is 4.74 Å². The number of morpholine rings is 1. The Morgan fingerprint density at radius 1 is 1.18 bits per heavy atom. The molecule has 0 aliphatic carbocycles. The fraction of sp³-hybridized carbons (Fsp3) is 0.562. The molecular formula is C16H23N5O. The third-order valence-electron chi connectivity index (χ3n) is 3.92. The summed E-state index contributed by atoms with van der Waals surface area (Å²) in [6.07, 6.45) is 3.86. The monoisotopic (exact) mass is 301 g/mol. The first-order valence-corrected chi connectivity index (χ1v) is 7.72. The van der Waals surface area contributed by atoms with Crippen LogP contribution in [0.3, 0.4) is 0 Å². The number of aromatic nitrogens is 4. The summed E-state index contributed by atoms with van der Waals surface area (Å²) in [5, 5.41) is 4.52. The van der Waals surface area contributed by atoms with E-state index in [1.807, 2.05) is 30.9 Å². The van der Waals surface area contributed by atoms with Crippen molar-refractivity contribution >= 4 is 0 Å². The summed E-state index contributed by atoms with van der Waals surface area (Å²) in [5.41, 5.74) is 4.20. The number of rotatable bonds is 4. The molecule has 1 atom stereocenters. The van der Waals surface area contributed by atoms with Crippen LogP contribution in [0.1, 0.15) is 22.8 Å². The van der Waals surface area contributed by atoms with Crippen LogP contribution in [0.5, 0.6) is 0 Å². The third kappa shape index (κ3) is 3.69. The topological polar surface area (TPSA) is 56.1 Å². The molecule has 1 aliphatic rings. The molecule has 0 radical (unpaired) electrons. The van der Waals surface area contributed by atoms with Crippen molar-refractivity contribution in [2.45, 2.75) is 40.0 Å². The highest BCUT2D eigenvalue weighted by Gasteiger charge is 2.22. The Hall–Kier alpha value is -1.79. The highest BCUT2D eigenvalue weighted by atomic mass is 16.5. The summed E-state index contributed by atoms with van der Waals surface area (Å²) in [7, 11) is 0. The molecule has 6 heteroatoms. The van der Waals surface area contributed by atoms with Crippen LogP contribution in [0.2, 0.25) is 0 Å². The van der Waals surface area contributed by atoms with E-state index in [-0.39, 0.29) is 6.10 Å². The van der Waals surface area contributed by atoms with Gasteiger partial charge in [-0.3, -0.25) is 19.5 Å². The first-order valence-electron chi connectivity index (χ1n) is 7.72. The predicted octanol–water partition coefficient (Wildman–Crippen LogP) is 1.50. The molecule has 3 heterocycles. The molecule has 0 spiro atoms. The molecule has 0 aromatic carbocycles. The van der Waals surface area contributed by atoms with Gasteiger partial charge in [0.05, 0.1) is 36.3 Å². The van der Waals surface area contributed by atoms with E-state index in [0.29, 0.717) is 0 Å². The van der Waals surface area contributed by atoms with Crippen LogP contribution in [0.15, 0.2) is 18.5 Å². The third-order valence-corrected chi connectivity index (χ3v) is 3.92. The second-order valence-corrected chi connectivity index (χ2v) is 5.99. The SMILES string of the molecule is Cc1cnc(CN2CCO[C@H](Cn3nc(C)cc3C)C2)cn1. The van der Waals surface area contributed by atoms with Gasteiger partial charge in [0.2, 0.25) is 0 Å². The van der Waals surface area contributed by atoms with Crippen molar-refractivity contribution in [2.75, 3.05) is 19.7 Å². The first-order chi connectivity index (χ1) is 10.6. The Kier molecular flexibility index (Phi) is 4.49. The molecule has 3 rings (SSSR count). The quantitative estimate of drug-likeness (QED) is 0.856. The van der Waals surface area contributed by atoms with Gasteiger partial charge in [-0.15, -0.1) is 0 Å². The van der Waals surface area contributed by atoms with Gasteiger partial charge in [0.15, 0.2) is 0 Å². The summed E-state index contributed by atoms with van der Waals surface area (Å²) >= 11 is 0. The number of nitrogens with zero attached hydrogens (tertiary/aromatic N) is 5. The second-order valence-electron chi connectivity index (χ2n) is 5.99. The minimum absolute atomic E-state index is 0.171. The van der Waals surface area contributed by atoms with Gasteiger partial charge in [0.25, 0.3) is 0 Å². The van der Waals surface area contributed by atoms with Gasteiger partial charge < -0.3 is 4.74 Å². The van der Waals surface area contributed by atoms with Crippen LogP contribution in [0.25, 0.3) is 0 Å². The van der Waals surface area contributed by atoms with E-state index >= 15 is 0 Å². The lowest BCUT2D eigenvalue weighted by Gasteiger charge is -2.32. The Morgan fingerprint density at radius 3 is 2.73 bits per heavy atom. The molecule has 1 saturated heterocycles. The van der Waals surface area contributed by atoms with Gasteiger partial charge in [-0.2, -0.15) is 5.10 Å². The Balaban J connectivity index is 1.59. The largest absolute Gasteiger partial charge is 0.374 e. The van der Waals surface area contributed by atoms with E-state index in [2.05, 4.69) is 33.0 Å². The fourth-order valence-electron chi connectivity index (χ4n) is 2.82. The maximum absolute atomic E-state index is 5.89. The van der Waals surface area contributed by atoms with Crippen LogP contribution >= 0.6 is 0 Å².